The summed E-state index contributed by atoms with van der Waals surface area (Å²) in [5, 5.41) is 0. The second kappa shape index (κ2) is 5.82. The van der Waals surface area contributed by atoms with E-state index in [1.807, 2.05) is 0 Å². The topological polar surface area (TPSA) is 46.3 Å². The van der Waals surface area contributed by atoms with E-state index in [0.29, 0.717) is 23.8 Å². The third-order valence-electron chi connectivity index (χ3n) is 5.31. The zero-order chi connectivity index (χ0) is 14.0. The van der Waals surface area contributed by atoms with Crippen LogP contribution in [0.5, 0.6) is 0 Å². The van der Waals surface area contributed by atoms with E-state index in [1.54, 1.807) is 0 Å². The highest BCUT2D eigenvalue weighted by atomic mass is 16.2. The molecule has 2 atom stereocenters. The van der Waals surface area contributed by atoms with Crippen LogP contribution in [0.3, 0.4) is 0 Å². The van der Waals surface area contributed by atoms with Gasteiger partial charge in [-0.3, -0.25) is 4.79 Å². The first-order valence-electron chi connectivity index (χ1n) is 7.92. The van der Waals surface area contributed by atoms with Gasteiger partial charge in [-0.05, 0) is 49.5 Å². The largest absolute Gasteiger partial charge is 0.342 e. The number of likely N-dealkylation sites (tertiary alicyclic amines) is 1. The molecule has 3 heteroatoms. The third kappa shape index (κ3) is 3.31. The van der Waals surface area contributed by atoms with Gasteiger partial charge in [0.2, 0.25) is 5.91 Å². The Morgan fingerprint density at radius 2 is 1.79 bits per heavy atom. The molecule has 0 bridgehead atoms. The zero-order valence-electron chi connectivity index (χ0n) is 12.8. The lowest BCUT2D eigenvalue weighted by molar-refractivity contribution is -0.138. The fraction of sp³-hybridized carbons (Fsp3) is 0.938. The lowest BCUT2D eigenvalue weighted by atomic mass is 9.75. The molecule has 0 radical (unpaired) electrons. The maximum Gasteiger partial charge on any atom is 0.226 e. The van der Waals surface area contributed by atoms with Crippen LogP contribution < -0.4 is 5.73 Å². The summed E-state index contributed by atoms with van der Waals surface area (Å²) in [6, 6.07) is 0. The lowest BCUT2D eigenvalue weighted by Crippen LogP contribution is -2.45. The van der Waals surface area contributed by atoms with Crippen molar-refractivity contribution in [3.63, 3.8) is 0 Å². The molecule has 1 aliphatic carbocycles. The Labute approximate surface area is 117 Å². The summed E-state index contributed by atoms with van der Waals surface area (Å²) in [5.74, 6) is 1.80. The predicted octanol–water partition coefficient (Wildman–Crippen LogP) is 2.65. The monoisotopic (exact) mass is 266 g/mol. The lowest BCUT2D eigenvalue weighted by Gasteiger charge is -2.40. The highest BCUT2D eigenvalue weighted by Crippen LogP contribution is 2.37. The van der Waals surface area contributed by atoms with Gasteiger partial charge in [0.05, 0.1) is 0 Å². The first-order chi connectivity index (χ1) is 8.93. The summed E-state index contributed by atoms with van der Waals surface area (Å²) in [5.41, 5.74) is 6.18. The molecule has 2 rings (SSSR count). The van der Waals surface area contributed by atoms with Crippen molar-refractivity contribution in [1.29, 1.82) is 0 Å². The number of amides is 1. The van der Waals surface area contributed by atoms with Crippen molar-refractivity contribution in [3.8, 4) is 0 Å². The van der Waals surface area contributed by atoms with Gasteiger partial charge in [0, 0.05) is 19.0 Å². The molecule has 2 fully saturated rings. The van der Waals surface area contributed by atoms with Crippen LogP contribution >= 0.6 is 0 Å². The van der Waals surface area contributed by atoms with E-state index in [-0.39, 0.29) is 5.92 Å². The van der Waals surface area contributed by atoms with Crippen molar-refractivity contribution < 1.29 is 4.79 Å². The van der Waals surface area contributed by atoms with Gasteiger partial charge in [-0.25, -0.2) is 0 Å². The van der Waals surface area contributed by atoms with Gasteiger partial charge in [-0.1, -0.05) is 27.2 Å². The number of nitrogens with zero attached hydrogens (tertiary/aromatic N) is 1. The van der Waals surface area contributed by atoms with E-state index >= 15 is 0 Å². The van der Waals surface area contributed by atoms with Crippen LogP contribution in [0.2, 0.25) is 0 Å². The van der Waals surface area contributed by atoms with Crippen molar-refractivity contribution in [2.24, 2.45) is 28.9 Å². The average molecular weight is 266 g/mol. The molecule has 0 unspecified atom stereocenters. The molecule has 1 saturated heterocycles. The van der Waals surface area contributed by atoms with Gasteiger partial charge in [0.25, 0.3) is 0 Å². The van der Waals surface area contributed by atoms with Crippen molar-refractivity contribution in [2.75, 3.05) is 19.6 Å². The van der Waals surface area contributed by atoms with Crippen molar-refractivity contribution in [1.82, 2.24) is 4.90 Å². The van der Waals surface area contributed by atoms with E-state index < -0.39 is 0 Å². The average Bonchev–Trinajstić information content (AvgIpc) is 2.85. The fourth-order valence-corrected chi connectivity index (χ4v) is 3.84. The molecule has 1 amide bonds. The van der Waals surface area contributed by atoms with Gasteiger partial charge in [-0.2, -0.15) is 0 Å². The van der Waals surface area contributed by atoms with Gasteiger partial charge < -0.3 is 10.6 Å². The molecule has 1 saturated carbocycles. The molecule has 0 aromatic heterocycles. The fourth-order valence-electron chi connectivity index (χ4n) is 3.84. The molecule has 110 valence electrons. The highest BCUT2D eigenvalue weighted by Gasteiger charge is 2.37. The molecule has 2 aliphatic rings. The Kier molecular flexibility index (Phi) is 4.54. The molecule has 0 spiro atoms. The standard InChI is InChI=1S/C16H30N2O/c1-16(2,3)13-7-9-18(10-8-13)15(19)14-6-4-5-12(14)11-17/h12-14H,4-11,17H2,1-3H3/t12-,14-/m1/s1. The van der Waals surface area contributed by atoms with Crippen molar-refractivity contribution >= 4 is 5.91 Å². The van der Waals surface area contributed by atoms with E-state index in [1.165, 1.54) is 6.42 Å². The Morgan fingerprint density at radius 1 is 1.16 bits per heavy atom. The summed E-state index contributed by atoms with van der Waals surface area (Å²) in [6.45, 7) is 9.53. The quantitative estimate of drug-likeness (QED) is 0.835. The number of carbonyl (C=O) groups excluding carboxylic acids is 1. The van der Waals surface area contributed by atoms with E-state index in [4.69, 9.17) is 5.73 Å². The first-order valence-corrected chi connectivity index (χ1v) is 7.92. The molecule has 1 heterocycles. The van der Waals surface area contributed by atoms with Crippen LogP contribution in [0.25, 0.3) is 0 Å². The van der Waals surface area contributed by atoms with Gasteiger partial charge in [0.15, 0.2) is 0 Å². The second-order valence-corrected chi connectivity index (χ2v) is 7.50. The molecule has 19 heavy (non-hydrogen) atoms. The van der Waals surface area contributed by atoms with Gasteiger partial charge >= 0.3 is 0 Å². The number of nitrogens with two attached hydrogens (primary N) is 1. The van der Waals surface area contributed by atoms with E-state index in [0.717, 1.165) is 44.7 Å². The maximum absolute atomic E-state index is 12.6. The summed E-state index contributed by atoms with van der Waals surface area (Å²) in [6.07, 6.45) is 5.70. The van der Waals surface area contributed by atoms with Gasteiger partial charge in [-0.15, -0.1) is 0 Å². The molecular weight excluding hydrogens is 236 g/mol. The molecule has 1 aliphatic heterocycles. The second-order valence-electron chi connectivity index (χ2n) is 7.50. The smallest absolute Gasteiger partial charge is 0.226 e. The van der Waals surface area contributed by atoms with Crippen LogP contribution in [-0.2, 0) is 4.79 Å². The normalized spacial score (nSPS) is 29.8. The van der Waals surface area contributed by atoms with Crippen molar-refractivity contribution in [2.45, 2.75) is 52.9 Å². The minimum absolute atomic E-state index is 0.219. The zero-order valence-corrected chi connectivity index (χ0v) is 12.8. The van der Waals surface area contributed by atoms with Crippen molar-refractivity contribution in [3.05, 3.63) is 0 Å². The third-order valence-corrected chi connectivity index (χ3v) is 5.31. The Hall–Kier alpha value is -0.570. The highest BCUT2D eigenvalue weighted by molar-refractivity contribution is 5.79. The first kappa shape index (κ1) is 14.8. The summed E-state index contributed by atoms with van der Waals surface area (Å²) < 4.78 is 0. The maximum atomic E-state index is 12.6. The van der Waals surface area contributed by atoms with Gasteiger partial charge in [0.1, 0.15) is 0 Å². The SMILES string of the molecule is CC(C)(C)C1CCN(C(=O)[C@@H]2CCC[C@@H]2CN)CC1. The molecule has 0 aromatic carbocycles. The summed E-state index contributed by atoms with van der Waals surface area (Å²) in [7, 11) is 0. The Balaban J connectivity index is 1.89. The minimum atomic E-state index is 0.219. The van der Waals surface area contributed by atoms with Crippen LogP contribution in [-0.4, -0.2) is 30.4 Å². The van der Waals surface area contributed by atoms with Crippen LogP contribution in [0, 0.1) is 23.2 Å². The number of hydrogen-bond acceptors (Lipinski definition) is 2. The molecule has 0 aromatic rings. The number of piperidine rings is 1. The number of carbonyl (C=O) groups is 1. The Bertz CT molecular complexity index is 313. The summed E-state index contributed by atoms with van der Waals surface area (Å²) in [4.78, 5) is 14.7. The summed E-state index contributed by atoms with van der Waals surface area (Å²) >= 11 is 0. The van der Waals surface area contributed by atoms with Crippen LogP contribution in [0.15, 0.2) is 0 Å². The minimum Gasteiger partial charge on any atom is -0.342 e. The van der Waals surface area contributed by atoms with Crippen LogP contribution in [0.1, 0.15) is 52.9 Å². The van der Waals surface area contributed by atoms with E-state index in [9.17, 15) is 4.79 Å². The predicted molar refractivity (Wildman–Crippen MR) is 78.6 cm³/mol. The molecule has 3 nitrogen and oxygen atoms in total. The molecule has 2 N–H and O–H groups in total. The van der Waals surface area contributed by atoms with E-state index in [2.05, 4.69) is 25.7 Å². The Morgan fingerprint density at radius 3 is 2.32 bits per heavy atom. The van der Waals surface area contributed by atoms with Crippen LogP contribution in [0.4, 0.5) is 0 Å². The molecular formula is C16H30N2O. The number of rotatable bonds is 2. The number of hydrogen-bond donors (Lipinski definition) is 1.